The molecular formula is C19H31N3O2. The Balaban J connectivity index is 1.25. The van der Waals surface area contributed by atoms with E-state index in [1.54, 1.807) is 0 Å². The van der Waals surface area contributed by atoms with Crippen LogP contribution in [0.15, 0.2) is 10.6 Å². The van der Waals surface area contributed by atoms with Crippen molar-refractivity contribution in [2.75, 3.05) is 39.9 Å². The van der Waals surface area contributed by atoms with Gasteiger partial charge in [-0.05, 0) is 70.5 Å². The molecule has 1 atom stereocenters. The van der Waals surface area contributed by atoms with Crippen molar-refractivity contribution in [1.29, 1.82) is 0 Å². The van der Waals surface area contributed by atoms with Crippen molar-refractivity contribution in [3.05, 3.63) is 17.5 Å². The van der Waals surface area contributed by atoms with Gasteiger partial charge in [0.25, 0.3) is 0 Å². The lowest BCUT2D eigenvalue weighted by Crippen LogP contribution is -2.40. The summed E-state index contributed by atoms with van der Waals surface area (Å²) in [6.07, 6.45) is 6.67. The number of nitrogens with zero attached hydrogens (tertiary/aromatic N) is 3. The number of rotatable bonds is 6. The molecule has 3 fully saturated rings. The summed E-state index contributed by atoms with van der Waals surface area (Å²) in [5, 5.41) is 4.13. The summed E-state index contributed by atoms with van der Waals surface area (Å²) >= 11 is 0. The van der Waals surface area contributed by atoms with Crippen LogP contribution < -0.4 is 0 Å². The van der Waals surface area contributed by atoms with Crippen LogP contribution in [0.2, 0.25) is 0 Å². The van der Waals surface area contributed by atoms with Gasteiger partial charge in [-0.2, -0.15) is 0 Å². The van der Waals surface area contributed by atoms with Gasteiger partial charge in [0.2, 0.25) is 0 Å². The quantitative estimate of drug-likeness (QED) is 0.801. The van der Waals surface area contributed by atoms with E-state index in [-0.39, 0.29) is 0 Å². The van der Waals surface area contributed by atoms with E-state index in [4.69, 9.17) is 9.26 Å². The number of likely N-dealkylation sites (N-methyl/N-ethyl adjacent to an activating group) is 1. The topological polar surface area (TPSA) is 41.7 Å². The van der Waals surface area contributed by atoms with Gasteiger partial charge >= 0.3 is 0 Å². The Bertz CT molecular complexity index is 547. The summed E-state index contributed by atoms with van der Waals surface area (Å²) in [7, 11) is 2.28. The maximum atomic E-state index is 5.98. The highest BCUT2D eigenvalue weighted by Gasteiger charge is 2.44. The van der Waals surface area contributed by atoms with E-state index in [9.17, 15) is 0 Å². The van der Waals surface area contributed by atoms with E-state index in [1.807, 2.05) is 6.92 Å². The Hall–Kier alpha value is -0.910. The summed E-state index contributed by atoms with van der Waals surface area (Å²) in [6, 6.07) is 2.68. The summed E-state index contributed by atoms with van der Waals surface area (Å²) in [5.41, 5.74) is 1.58. The first-order chi connectivity index (χ1) is 11.6. The molecule has 0 bridgehead atoms. The molecule has 0 amide bonds. The van der Waals surface area contributed by atoms with Crippen LogP contribution in [0, 0.1) is 18.3 Å². The highest BCUT2D eigenvalue weighted by atomic mass is 16.5. The number of ether oxygens (including phenoxy) is 1. The number of likely N-dealkylation sites (tertiary alicyclic amines) is 2. The Morgan fingerprint density at radius 1 is 1.29 bits per heavy atom. The molecule has 134 valence electrons. The van der Waals surface area contributed by atoms with Crippen molar-refractivity contribution in [1.82, 2.24) is 15.0 Å². The van der Waals surface area contributed by atoms with Crippen LogP contribution in [0.3, 0.4) is 0 Å². The molecular weight excluding hydrogens is 302 g/mol. The summed E-state index contributed by atoms with van der Waals surface area (Å²) in [5.74, 6) is 1.78. The summed E-state index contributed by atoms with van der Waals surface area (Å²) in [4.78, 5) is 5.07. The fourth-order valence-electron chi connectivity index (χ4n) is 4.49. The van der Waals surface area contributed by atoms with Gasteiger partial charge < -0.3 is 14.2 Å². The Kier molecular flexibility index (Phi) is 4.67. The van der Waals surface area contributed by atoms with E-state index in [2.05, 4.69) is 28.1 Å². The molecule has 0 unspecified atom stereocenters. The Labute approximate surface area is 145 Å². The zero-order valence-corrected chi connectivity index (χ0v) is 15.2. The summed E-state index contributed by atoms with van der Waals surface area (Å²) in [6.45, 7) is 8.39. The highest BCUT2D eigenvalue weighted by Crippen LogP contribution is 2.43. The molecule has 24 heavy (non-hydrogen) atoms. The molecule has 1 aromatic heterocycles. The lowest BCUT2D eigenvalue weighted by Gasteiger charge is -2.39. The van der Waals surface area contributed by atoms with Crippen molar-refractivity contribution in [3.63, 3.8) is 0 Å². The molecule has 4 rings (SSSR count). The van der Waals surface area contributed by atoms with Crippen LogP contribution in [0.25, 0.3) is 0 Å². The molecule has 0 aromatic carbocycles. The lowest BCUT2D eigenvalue weighted by atomic mass is 9.76. The number of hydrogen-bond acceptors (Lipinski definition) is 5. The van der Waals surface area contributed by atoms with Crippen LogP contribution >= 0.6 is 0 Å². The van der Waals surface area contributed by atoms with E-state index in [0.29, 0.717) is 11.5 Å². The first-order valence-electron chi connectivity index (χ1n) is 9.54. The van der Waals surface area contributed by atoms with E-state index >= 15 is 0 Å². The zero-order valence-electron chi connectivity index (χ0n) is 15.2. The molecule has 1 aromatic rings. The van der Waals surface area contributed by atoms with Gasteiger partial charge in [-0.15, -0.1) is 0 Å². The average Bonchev–Trinajstić information content (AvgIpc) is 3.22. The van der Waals surface area contributed by atoms with Crippen molar-refractivity contribution in [2.45, 2.75) is 51.6 Å². The van der Waals surface area contributed by atoms with Crippen molar-refractivity contribution in [2.24, 2.45) is 11.3 Å². The van der Waals surface area contributed by atoms with E-state index in [1.165, 1.54) is 51.7 Å². The molecule has 1 saturated carbocycles. The molecule has 2 aliphatic heterocycles. The van der Waals surface area contributed by atoms with Crippen LogP contribution in [0.4, 0.5) is 0 Å². The van der Waals surface area contributed by atoms with E-state index < -0.39 is 0 Å². The Morgan fingerprint density at radius 2 is 2.08 bits per heavy atom. The third-order valence-electron chi connectivity index (χ3n) is 6.22. The Morgan fingerprint density at radius 3 is 2.75 bits per heavy atom. The number of aryl methyl sites for hydroxylation is 1. The van der Waals surface area contributed by atoms with Crippen molar-refractivity contribution in [3.8, 4) is 0 Å². The van der Waals surface area contributed by atoms with Gasteiger partial charge in [0.1, 0.15) is 5.76 Å². The molecule has 0 N–H and O–H groups in total. The normalized spacial score (nSPS) is 28.0. The fourth-order valence-corrected chi connectivity index (χ4v) is 4.49. The first-order valence-corrected chi connectivity index (χ1v) is 9.54. The van der Waals surface area contributed by atoms with Gasteiger partial charge in [-0.1, -0.05) is 5.16 Å². The molecule has 5 nitrogen and oxygen atoms in total. The third-order valence-corrected chi connectivity index (χ3v) is 6.22. The minimum atomic E-state index is 0.512. The molecule has 0 radical (unpaired) electrons. The molecule has 2 saturated heterocycles. The number of piperidine rings is 1. The van der Waals surface area contributed by atoms with Gasteiger partial charge in [-0.25, -0.2) is 0 Å². The highest BCUT2D eigenvalue weighted by molar-refractivity contribution is 5.04. The van der Waals surface area contributed by atoms with Crippen molar-refractivity contribution < 1.29 is 9.26 Å². The number of hydrogen-bond donors (Lipinski definition) is 0. The van der Waals surface area contributed by atoms with Crippen molar-refractivity contribution >= 4 is 0 Å². The van der Waals surface area contributed by atoms with Crippen LogP contribution in [0.1, 0.15) is 43.6 Å². The second-order valence-electron chi connectivity index (χ2n) is 8.46. The van der Waals surface area contributed by atoms with Crippen LogP contribution in [-0.2, 0) is 11.3 Å². The van der Waals surface area contributed by atoms with Crippen LogP contribution in [-0.4, -0.2) is 60.9 Å². The first kappa shape index (κ1) is 16.6. The SMILES string of the molecule is Cc1cc(CN2CCC3(CC2)C[C@H](COCC2CC2)N(C)C3)no1. The van der Waals surface area contributed by atoms with E-state index in [0.717, 1.165) is 37.1 Å². The molecule has 1 spiro atoms. The standard InChI is InChI=1S/C19H31N3O2/c1-15-9-17(20-24-15)11-22-7-5-19(6-8-22)10-18(21(2)14-19)13-23-12-16-3-4-16/h9,16,18H,3-8,10-14H2,1-2H3/t18-/m1/s1. The maximum Gasteiger partial charge on any atom is 0.133 e. The molecule has 1 aliphatic carbocycles. The third kappa shape index (κ3) is 3.84. The van der Waals surface area contributed by atoms with Gasteiger partial charge in [0.15, 0.2) is 0 Å². The average molecular weight is 333 g/mol. The van der Waals surface area contributed by atoms with Gasteiger partial charge in [-0.3, -0.25) is 4.90 Å². The predicted molar refractivity (Wildman–Crippen MR) is 92.8 cm³/mol. The second kappa shape index (κ2) is 6.77. The lowest BCUT2D eigenvalue weighted by molar-refractivity contribution is 0.0776. The zero-order chi connectivity index (χ0) is 16.6. The minimum Gasteiger partial charge on any atom is -0.380 e. The largest absolute Gasteiger partial charge is 0.380 e. The molecule has 3 aliphatic rings. The van der Waals surface area contributed by atoms with Gasteiger partial charge in [0.05, 0.1) is 12.3 Å². The molecule has 5 heteroatoms. The minimum absolute atomic E-state index is 0.512. The fraction of sp³-hybridized carbons (Fsp3) is 0.842. The van der Waals surface area contributed by atoms with Gasteiger partial charge in [0, 0.05) is 31.8 Å². The monoisotopic (exact) mass is 333 g/mol. The summed E-state index contributed by atoms with van der Waals surface area (Å²) < 4.78 is 11.2. The number of aromatic nitrogens is 1. The molecule has 3 heterocycles. The van der Waals surface area contributed by atoms with Crippen LogP contribution in [0.5, 0.6) is 0 Å². The smallest absolute Gasteiger partial charge is 0.133 e. The second-order valence-corrected chi connectivity index (χ2v) is 8.46. The predicted octanol–water partition coefficient (Wildman–Crippen LogP) is 2.70. The maximum absolute atomic E-state index is 5.98.